The van der Waals surface area contributed by atoms with Gasteiger partial charge in [-0.3, -0.25) is 0 Å². The number of rotatable bonds is 4. The van der Waals surface area contributed by atoms with Crippen LogP contribution >= 0.6 is 0 Å². The third-order valence-electron chi connectivity index (χ3n) is 4.93. The Bertz CT molecular complexity index is 983. The van der Waals surface area contributed by atoms with Crippen molar-refractivity contribution >= 4 is 0 Å². The van der Waals surface area contributed by atoms with E-state index >= 15 is 0 Å². The van der Waals surface area contributed by atoms with Crippen LogP contribution in [0.1, 0.15) is 23.4 Å². The summed E-state index contributed by atoms with van der Waals surface area (Å²) in [5.74, 6) is -1.54. The van der Waals surface area contributed by atoms with E-state index in [-0.39, 0.29) is 12.0 Å². The molecule has 3 aromatic rings. The first-order valence-electron chi connectivity index (χ1n) is 8.92. The molecule has 0 amide bonds. The molecule has 4 nitrogen and oxygen atoms in total. The van der Waals surface area contributed by atoms with Crippen LogP contribution in [0.2, 0.25) is 0 Å². The van der Waals surface area contributed by atoms with Gasteiger partial charge in [0.15, 0.2) is 17.5 Å². The van der Waals surface area contributed by atoms with E-state index in [1.807, 2.05) is 22.8 Å². The summed E-state index contributed by atoms with van der Waals surface area (Å²) < 4.78 is 42.4. The van der Waals surface area contributed by atoms with Crippen molar-refractivity contribution in [3.63, 3.8) is 0 Å². The lowest BCUT2D eigenvalue weighted by Crippen LogP contribution is -2.28. The molecule has 0 bridgehead atoms. The van der Waals surface area contributed by atoms with Gasteiger partial charge in [0, 0.05) is 30.6 Å². The van der Waals surface area contributed by atoms with Gasteiger partial charge in [0.25, 0.3) is 0 Å². The van der Waals surface area contributed by atoms with Crippen LogP contribution in [0.3, 0.4) is 0 Å². The fourth-order valence-electron chi connectivity index (χ4n) is 3.61. The van der Waals surface area contributed by atoms with Crippen molar-refractivity contribution in [2.45, 2.75) is 38.3 Å². The molecular weight excluding hydrogens is 353 g/mol. The van der Waals surface area contributed by atoms with Gasteiger partial charge in [0.1, 0.15) is 11.6 Å². The minimum absolute atomic E-state index is 0.0577. The van der Waals surface area contributed by atoms with Gasteiger partial charge in [0.05, 0.1) is 0 Å². The highest BCUT2D eigenvalue weighted by molar-refractivity contribution is 5.61. The van der Waals surface area contributed by atoms with Crippen molar-refractivity contribution < 1.29 is 13.2 Å². The molecule has 2 aromatic carbocycles. The number of nitrogens with zero attached hydrogens (tertiary/aromatic N) is 3. The Morgan fingerprint density at radius 3 is 2.63 bits per heavy atom. The molecule has 1 atom stereocenters. The second-order valence-electron chi connectivity index (χ2n) is 6.88. The lowest BCUT2D eigenvalue weighted by molar-refractivity contribution is 0.485. The van der Waals surface area contributed by atoms with E-state index in [1.54, 1.807) is 0 Å². The van der Waals surface area contributed by atoms with Crippen molar-refractivity contribution in [3.8, 4) is 11.4 Å². The van der Waals surface area contributed by atoms with Gasteiger partial charge in [-0.25, -0.2) is 13.2 Å². The van der Waals surface area contributed by atoms with Gasteiger partial charge in [-0.2, -0.15) is 0 Å². The summed E-state index contributed by atoms with van der Waals surface area (Å²) in [5, 5.41) is 8.61. The molecule has 7 heteroatoms. The fraction of sp³-hybridized carbons (Fsp3) is 0.300. The maximum absolute atomic E-state index is 13.9. The predicted molar refractivity (Wildman–Crippen MR) is 95.5 cm³/mol. The lowest BCUT2D eigenvalue weighted by atomic mass is 10.0. The molecule has 1 aliphatic heterocycles. The van der Waals surface area contributed by atoms with Crippen molar-refractivity contribution in [2.24, 2.45) is 5.73 Å². The van der Waals surface area contributed by atoms with Crippen LogP contribution < -0.4 is 5.73 Å². The molecule has 2 N–H and O–H groups in total. The number of fused-ring (bicyclic) bond motifs is 3. The van der Waals surface area contributed by atoms with Crippen molar-refractivity contribution in [1.29, 1.82) is 0 Å². The Balaban J connectivity index is 1.56. The standard InChI is InChI=1S/C20H19F3N4/c21-16-11-18(23)17(22)9-13(16)8-14(24)10-19-25-26-20-15-6-2-1-4-12(15)5-3-7-27(19)20/h1-2,4,6,9,11,14H,3,5,7-8,10,24H2/t14-/m1/s1. The molecule has 27 heavy (non-hydrogen) atoms. The zero-order chi connectivity index (χ0) is 19.0. The van der Waals surface area contributed by atoms with E-state index in [1.165, 1.54) is 5.56 Å². The average molecular weight is 372 g/mol. The van der Waals surface area contributed by atoms with Gasteiger partial charge in [0.2, 0.25) is 0 Å². The van der Waals surface area contributed by atoms with Crippen LogP contribution in [0.25, 0.3) is 11.4 Å². The summed E-state index contributed by atoms with van der Waals surface area (Å²) in [6.07, 6.45) is 2.38. The average Bonchev–Trinajstić information content (AvgIpc) is 2.92. The van der Waals surface area contributed by atoms with Crippen LogP contribution in [-0.4, -0.2) is 20.8 Å². The largest absolute Gasteiger partial charge is 0.327 e. The van der Waals surface area contributed by atoms with E-state index in [2.05, 4.69) is 16.3 Å². The molecule has 2 heterocycles. The molecule has 1 aromatic heterocycles. The highest BCUT2D eigenvalue weighted by Gasteiger charge is 2.21. The molecule has 1 aliphatic rings. The van der Waals surface area contributed by atoms with Gasteiger partial charge in [-0.1, -0.05) is 24.3 Å². The Hall–Kier alpha value is -2.67. The van der Waals surface area contributed by atoms with E-state index in [4.69, 9.17) is 5.73 Å². The summed E-state index contributed by atoms with van der Waals surface area (Å²) >= 11 is 0. The first-order valence-corrected chi connectivity index (χ1v) is 8.92. The van der Waals surface area contributed by atoms with Crippen LogP contribution in [0, 0.1) is 17.5 Å². The molecule has 140 valence electrons. The van der Waals surface area contributed by atoms with Crippen LogP contribution in [0.15, 0.2) is 36.4 Å². The Kier molecular flexibility index (Phi) is 4.70. The molecule has 0 unspecified atom stereocenters. The molecule has 0 saturated heterocycles. The predicted octanol–water partition coefficient (Wildman–Crippen LogP) is 3.42. The summed E-state index contributed by atoms with van der Waals surface area (Å²) in [6, 6.07) is 9.04. The summed E-state index contributed by atoms with van der Waals surface area (Å²) in [4.78, 5) is 0. The molecule has 0 aliphatic carbocycles. The van der Waals surface area contributed by atoms with E-state index < -0.39 is 23.5 Å². The number of nitrogens with two attached hydrogens (primary N) is 1. The normalized spacial score (nSPS) is 14.4. The zero-order valence-corrected chi connectivity index (χ0v) is 14.6. The van der Waals surface area contributed by atoms with Gasteiger partial charge < -0.3 is 10.3 Å². The highest BCUT2D eigenvalue weighted by Crippen LogP contribution is 2.28. The highest BCUT2D eigenvalue weighted by atomic mass is 19.2. The fourth-order valence-corrected chi connectivity index (χ4v) is 3.61. The van der Waals surface area contributed by atoms with Crippen LogP contribution in [0.5, 0.6) is 0 Å². The first kappa shape index (κ1) is 17.7. The second-order valence-corrected chi connectivity index (χ2v) is 6.88. The number of aryl methyl sites for hydroxylation is 1. The first-order chi connectivity index (χ1) is 13.0. The van der Waals surface area contributed by atoms with E-state index in [0.717, 1.165) is 42.7 Å². The molecule has 0 saturated carbocycles. The van der Waals surface area contributed by atoms with Gasteiger partial charge in [-0.15, -0.1) is 10.2 Å². The molecule has 4 rings (SSSR count). The molecule has 0 spiro atoms. The molecule has 0 fully saturated rings. The maximum atomic E-state index is 13.9. The Labute approximate surface area is 154 Å². The SMILES string of the molecule is N[C@H](Cc1cc(F)c(F)cc1F)Cc1nnc2n1CCCc1ccccc1-2. The summed E-state index contributed by atoms with van der Waals surface area (Å²) in [7, 11) is 0. The maximum Gasteiger partial charge on any atom is 0.164 e. The van der Waals surface area contributed by atoms with Gasteiger partial charge in [-0.05, 0) is 36.5 Å². The second kappa shape index (κ2) is 7.15. The van der Waals surface area contributed by atoms with Crippen LogP contribution in [0.4, 0.5) is 13.2 Å². The smallest absolute Gasteiger partial charge is 0.164 e. The third kappa shape index (κ3) is 3.47. The van der Waals surface area contributed by atoms with Gasteiger partial charge >= 0.3 is 0 Å². The van der Waals surface area contributed by atoms with Crippen molar-refractivity contribution in [2.75, 3.05) is 0 Å². The van der Waals surface area contributed by atoms with Crippen LogP contribution in [-0.2, 0) is 25.8 Å². The van der Waals surface area contributed by atoms with Crippen molar-refractivity contribution in [1.82, 2.24) is 14.8 Å². The monoisotopic (exact) mass is 372 g/mol. The van der Waals surface area contributed by atoms with Crippen molar-refractivity contribution in [3.05, 3.63) is 70.8 Å². The minimum Gasteiger partial charge on any atom is -0.327 e. The summed E-state index contributed by atoms with van der Waals surface area (Å²) in [5.41, 5.74) is 8.52. The Morgan fingerprint density at radius 2 is 1.78 bits per heavy atom. The van der Waals surface area contributed by atoms with E-state index in [9.17, 15) is 13.2 Å². The Morgan fingerprint density at radius 1 is 1.00 bits per heavy atom. The number of hydrogen-bond donors (Lipinski definition) is 1. The van der Waals surface area contributed by atoms with E-state index in [0.29, 0.717) is 12.5 Å². The summed E-state index contributed by atoms with van der Waals surface area (Å²) in [6.45, 7) is 0.776. The topological polar surface area (TPSA) is 56.7 Å². The zero-order valence-electron chi connectivity index (χ0n) is 14.6. The number of hydrogen-bond acceptors (Lipinski definition) is 3. The number of halogens is 3. The quantitative estimate of drug-likeness (QED) is 0.714. The lowest BCUT2D eigenvalue weighted by Gasteiger charge is -2.14. The minimum atomic E-state index is -1.20. The molecular formula is C20H19F3N4. The third-order valence-corrected chi connectivity index (χ3v) is 4.93. The number of benzene rings is 2. The number of aromatic nitrogens is 3. The molecule has 0 radical (unpaired) electrons.